The third kappa shape index (κ3) is 2.43. The number of carbonyl (C=O) groups is 1. The van der Waals surface area contributed by atoms with Gasteiger partial charge in [-0.15, -0.1) is 11.3 Å². The lowest BCUT2D eigenvalue weighted by atomic mass is 10.1. The van der Waals surface area contributed by atoms with Crippen LogP contribution in [0.3, 0.4) is 0 Å². The van der Waals surface area contributed by atoms with Crippen molar-refractivity contribution in [1.82, 2.24) is 4.31 Å². The number of esters is 1. The van der Waals surface area contributed by atoms with Crippen LogP contribution in [0.25, 0.3) is 0 Å². The number of piperidine rings is 1. The Labute approximate surface area is 110 Å². The number of thiophene rings is 1. The normalized spacial score (nSPS) is 21.7. The average molecular weight is 289 g/mol. The average Bonchev–Trinajstić information content (AvgIpc) is 2.92. The van der Waals surface area contributed by atoms with E-state index in [9.17, 15) is 13.2 Å². The number of nitrogens with zero attached hydrogens (tertiary/aromatic N) is 1. The number of hydrogen-bond donors (Lipinski definition) is 0. The molecule has 1 atom stereocenters. The maximum atomic E-state index is 12.4. The van der Waals surface area contributed by atoms with Crippen molar-refractivity contribution in [1.29, 1.82) is 0 Å². The molecule has 1 saturated heterocycles. The Balaban J connectivity index is 2.32. The summed E-state index contributed by atoms with van der Waals surface area (Å²) in [7, 11) is -2.29. The molecule has 100 valence electrons. The van der Waals surface area contributed by atoms with Crippen LogP contribution in [-0.4, -0.2) is 38.4 Å². The third-order valence-corrected chi connectivity index (χ3v) is 6.27. The molecule has 1 aliphatic heterocycles. The topological polar surface area (TPSA) is 63.7 Å². The molecule has 1 aromatic rings. The van der Waals surface area contributed by atoms with Crippen LogP contribution in [0, 0.1) is 0 Å². The number of hydrogen-bond acceptors (Lipinski definition) is 5. The summed E-state index contributed by atoms with van der Waals surface area (Å²) >= 11 is 1.16. The molecule has 1 aliphatic rings. The summed E-state index contributed by atoms with van der Waals surface area (Å²) < 4.78 is 31.1. The molecule has 1 fully saturated rings. The highest BCUT2D eigenvalue weighted by Crippen LogP contribution is 2.28. The van der Waals surface area contributed by atoms with Gasteiger partial charge in [0.05, 0.1) is 7.11 Å². The smallest absolute Gasteiger partial charge is 0.324 e. The summed E-state index contributed by atoms with van der Waals surface area (Å²) in [5.74, 6) is -0.477. The van der Waals surface area contributed by atoms with Gasteiger partial charge in [-0.3, -0.25) is 4.79 Å². The molecule has 0 radical (unpaired) electrons. The largest absolute Gasteiger partial charge is 0.468 e. The van der Waals surface area contributed by atoms with Gasteiger partial charge >= 0.3 is 5.97 Å². The van der Waals surface area contributed by atoms with Crippen LogP contribution in [0.5, 0.6) is 0 Å². The number of methoxy groups -OCH3 is 1. The van der Waals surface area contributed by atoms with Gasteiger partial charge < -0.3 is 4.74 Å². The fourth-order valence-electron chi connectivity index (χ4n) is 2.09. The Morgan fingerprint density at radius 3 is 2.89 bits per heavy atom. The highest BCUT2D eigenvalue weighted by Gasteiger charge is 2.38. The first-order chi connectivity index (χ1) is 8.57. The van der Waals surface area contributed by atoms with E-state index in [1.807, 2.05) is 0 Å². The molecule has 2 rings (SSSR count). The number of ether oxygens (including phenoxy) is 1. The van der Waals surface area contributed by atoms with E-state index in [2.05, 4.69) is 0 Å². The summed E-state index contributed by atoms with van der Waals surface area (Å²) in [6.45, 7) is 0.375. The number of sulfonamides is 1. The van der Waals surface area contributed by atoms with E-state index in [1.54, 1.807) is 17.5 Å². The van der Waals surface area contributed by atoms with Crippen LogP contribution >= 0.6 is 11.3 Å². The predicted molar refractivity (Wildman–Crippen MR) is 67.9 cm³/mol. The number of rotatable bonds is 3. The predicted octanol–water partition coefficient (Wildman–Crippen LogP) is 1.46. The van der Waals surface area contributed by atoms with Crippen molar-refractivity contribution in [3.63, 3.8) is 0 Å². The maximum absolute atomic E-state index is 12.4. The molecule has 0 saturated carbocycles. The van der Waals surface area contributed by atoms with Gasteiger partial charge in [0.25, 0.3) is 10.0 Å². The second-order valence-corrected chi connectivity index (χ2v) is 7.15. The van der Waals surface area contributed by atoms with Gasteiger partial charge in [-0.2, -0.15) is 4.31 Å². The zero-order valence-corrected chi connectivity index (χ0v) is 11.7. The molecule has 5 nitrogen and oxygen atoms in total. The van der Waals surface area contributed by atoms with E-state index in [-0.39, 0.29) is 4.21 Å². The Morgan fingerprint density at radius 2 is 2.28 bits per heavy atom. The van der Waals surface area contributed by atoms with Crippen LogP contribution in [0.2, 0.25) is 0 Å². The van der Waals surface area contributed by atoms with Crippen molar-refractivity contribution in [2.75, 3.05) is 13.7 Å². The molecule has 0 unspecified atom stereocenters. The Morgan fingerprint density at radius 1 is 1.50 bits per heavy atom. The quantitative estimate of drug-likeness (QED) is 0.790. The van der Waals surface area contributed by atoms with Gasteiger partial charge in [-0.1, -0.05) is 6.07 Å². The van der Waals surface area contributed by atoms with Crippen LogP contribution in [-0.2, 0) is 19.6 Å². The second kappa shape index (κ2) is 5.38. The van der Waals surface area contributed by atoms with Crippen molar-refractivity contribution in [2.24, 2.45) is 0 Å². The Bertz CT molecular complexity index is 509. The lowest BCUT2D eigenvalue weighted by Gasteiger charge is -2.32. The fraction of sp³-hybridized carbons (Fsp3) is 0.545. The minimum Gasteiger partial charge on any atom is -0.468 e. The van der Waals surface area contributed by atoms with E-state index in [4.69, 9.17) is 4.74 Å². The van der Waals surface area contributed by atoms with Gasteiger partial charge in [0.15, 0.2) is 0 Å². The van der Waals surface area contributed by atoms with Crippen molar-refractivity contribution in [3.05, 3.63) is 17.5 Å². The lowest BCUT2D eigenvalue weighted by Crippen LogP contribution is -2.48. The molecule has 0 aliphatic carbocycles. The van der Waals surface area contributed by atoms with Crippen LogP contribution in [0.4, 0.5) is 0 Å². The minimum atomic E-state index is -3.57. The summed E-state index contributed by atoms with van der Waals surface area (Å²) in [4.78, 5) is 11.7. The molecule has 0 N–H and O–H groups in total. The second-order valence-electron chi connectivity index (χ2n) is 4.08. The van der Waals surface area contributed by atoms with Crippen LogP contribution < -0.4 is 0 Å². The van der Waals surface area contributed by atoms with Crippen molar-refractivity contribution in [3.8, 4) is 0 Å². The molecule has 0 bridgehead atoms. The van der Waals surface area contributed by atoms with Crippen LogP contribution in [0.1, 0.15) is 19.3 Å². The zero-order chi connectivity index (χ0) is 13.2. The first-order valence-corrected chi connectivity index (χ1v) is 8.02. The first-order valence-electron chi connectivity index (χ1n) is 5.70. The zero-order valence-electron chi connectivity index (χ0n) is 10.0. The van der Waals surface area contributed by atoms with Gasteiger partial charge in [-0.25, -0.2) is 8.42 Å². The monoisotopic (exact) mass is 289 g/mol. The van der Waals surface area contributed by atoms with E-state index in [1.165, 1.54) is 11.4 Å². The standard InChI is InChI=1S/C11H15NO4S2/c1-16-11(13)9-5-2-3-7-12(9)18(14,15)10-6-4-8-17-10/h4,6,8-9H,2-3,5,7H2,1H3/t9-/m1/s1. The number of carbonyl (C=O) groups excluding carboxylic acids is 1. The molecule has 18 heavy (non-hydrogen) atoms. The highest BCUT2D eigenvalue weighted by atomic mass is 32.2. The van der Waals surface area contributed by atoms with E-state index in [0.29, 0.717) is 13.0 Å². The van der Waals surface area contributed by atoms with E-state index >= 15 is 0 Å². The van der Waals surface area contributed by atoms with E-state index < -0.39 is 22.0 Å². The molecule has 2 heterocycles. The van der Waals surface area contributed by atoms with Crippen molar-refractivity contribution >= 4 is 27.3 Å². The van der Waals surface area contributed by atoms with Crippen molar-refractivity contribution in [2.45, 2.75) is 29.5 Å². The maximum Gasteiger partial charge on any atom is 0.324 e. The van der Waals surface area contributed by atoms with Gasteiger partial charge in [0, 0.05) is 6.54 Å². The SMILES string of the molecule is COC(=O)[C@H]1CCCCN1S(=O)(=O)c1cccs1. The van der Waals surface area contributed by atoms with Gasteiger partial charge in [-0.05, 0) is 30.7 Å². The molecule has 7 heteroatoms. The summed E-state index contributed by atoms with van der Waals surface area (Å²) in [6, 6.07) is 2.56. The first kappa shape index (κ1) is 13.5. The molecule has 0 spiro atoms. The van der Waals surface area contributed by atoms with Crippen molar-refractivity contribution < 1.29 is 17.9 Å². The summed E-state index contributed by atoms with van der Waals surface area (Å²) in [5, 5.41) is 1.71. The summed E-state index contributed by atoms with van der Waals surface area (Å²) in [5.41, 5.74) is 0. The van der Waals surface area contributed by atoms with Gasteiger partial charge in [0.2, 0.25) is 0 Å². The molecule has 0 amide bonds. The Hall–Kier alpha value is -0.920. The molecule has 0 aromatic carbocycles. The van der Waals surface area contributed by atoms with Gasteiger partial charge in [0.1, 0.15) is 10.3 Å². The van der Waals surface area contributed by atoms with E-state index in [0.717, 1.165) is 24.2 Å². The Kier molecular flexibility index (Phi) is 4.04. The molecular formula is C11H15NO4S2. The third-order valence-electron chi connectivity index (χ3n) is 2.98. The molecular weight excluding hydrogens is 274 g/mol. The van der Waals surface area contributed by atoms with Crippen LogP contribution in [0.15, 0.2) is 21.7 Å². The fourth-order valence-corrected chi connectivity index (χ4v) is 4.86. The summed E-state index contributed by atoms with van der Waals surface area (Å²) in [6.07, 6.45) is 2.14. The lowest BCUT2D eigenvalue weighted by molar-refractivity contribution is -0.146. The minimum absolute atomic E-state index is 0.276. The molecule has 1 aromatic heterocycles. The highest BCUT2D eigenvalue weighted by molar-refractivity contribution is 7.91.